The first-order valence-corrected chi connectivity index (χ1v) is 5.52. The van der Waals surface area contributed by atoms with Gasteiger partial charge in [-0.3, -0.25) is 9.59 Å². The van der Waals surface area contributed by atoms with E-state index in [0.717, 1.165) is 5.56 Å². The van der Waals surface area contributed by atoms with E-state index in [4.69, 9.17) is 5.11 Å². The summed E-state index contributed by atoms with van der Waals surface area (Å²) in [5.41, 5.74) is 1.61. The predicted molar refractivity (Wildman–Crippen MR) is 66.3 cm³/mol. The first kappa shape index (κ1) is 12.0. The number of carboxylic acid groups (broad SMARTS) is 1. The molecule has 5 nitrogen and oxygen atoms in total. The van der Waals surface area contributed by atoms with Gasteiger partial charge in [-0.25, -0.2) is 5.10 Å². The number of aryl methyl sites for hydroxylation is 1. The van der Waals surface area contributed by atoms with Gasteiger partial charge in [0.05, 0.1) is 5.69 Å². The van der Waals surface area contributed by atoms with Crippen LogP contribution in [0.25, 0.3) is 11.3 Å². The summed E-state index contributed by atoms with van der Waals surface area (Å²) in [6.07, 6.45) is 0.133. The van der Waals surface area contributed by atoms with Crippen LogP contribution in [0.2, 0.25) is 0 Å². The van der Waals surface area contributed by atoms with Gasteiger partial charge in [-0.2, -0.15) is 5.10 Å². The van der Waals surface area contributed by atoms with Crippen LogP contribution in [0.1, 0.15) is 12.0 Å². The van der Waals surface area contributed by atoms with Crippen LogP contribution in [-0.4, -0.2) is 21.3 Å². The average Bonchev–Trinajstić information content (AvgIpc) is 2.38. The minimum Gasteiger partial charge on any atom is -0.481 e. The highest BCUT2D eigenvalue weighted by molar-refractivity contribution is 5.67. The Morgan fingerprint density at radius 2 is 2.00 bits per heavy atom. The Kier molecular flexibility index (Phi) is 3.52. The summed E-state index contributed by atoms with van der Waals surface area (Å²) in [5, 5.41) is 15.0. The van der Waals surface area contributed by atoms with Crippen LogP contribution in [0.5, 0.6) is 0 Å². The molecule has 1 aromatic carbocycles. The first-order chi connectivity index (χ1) is 8.66. The van der Waals surface area contributed by atoms with Crippen molar-refractivity contribution in [2.45, 2.75) is 12.8 Å². The van der Waals surface area contributed by atoms with Gasteiger partial charge in [-0.05, 0) is 12.5 Å². The molecule has 1 heterocycles. The van der Waals surface area contributed by atoms with Crippen molar-refractivity contribution in [1.82, 2.24) is 10.2 Å². The number of aliphatic carboxylic acids is 1. The Morgan fingerprint density at radius 3 is 2.67 bits per heavy atom. The third-order valence-electron chi connectivity index (χ3n) is 2.56. The van der Waals surface area contributed by atoms with E-state index >= 15 is 0 Å². The lowest BCUT2D eigenvalue weighted by molar-refractivity contribution is -0.136. The highest BCUT2D eigenvalue weighted by Gasteiger charge is 2.07. The number of nitrogens with one attached hydrogen (secondary N) is 1. The third kappa shape index (κ3) is 2.82. The zero-order valence-corrected chi connectivity index (χ0v) is 9.59. The normalized spacial score (nSPS) is 10.2. The molecular weight excluding hydrogens is 232 g/mol. The smallest absolute Gasteiger partial charge is 0.303 e. The molecule has 1 aromatic heterocycles. The van der Waals surface area contributed by atoms with Gasteiger partial charge < -0.3 is 5.11 Å². The number of hydrogen-bond acceptors (Lipinski definition) is 3. The Balaban J connectivity index is 2.32. The van der Waals surface area contributed by atoms with E-state index in [1.807, 2.05) is 30.3 Å². The largest absolute Gasteiger partial charge is 0.481 e. The lowest BCUT2D eigenvalue weighted by atomic mass is 10.1. The molecule has 0 bridgehead atoms. The quantitative estimate of drug-likeness (QED) is 0.852. The van der Waals surface area contributed by atoms with E-state index in [1.54, 1.807) is 6.07 Å². The molecule has 0 aliphatic heterocycles. The number of rotatable bonds is 4. The average molecular weight is 244 g/mol. The van der Waals surface area contributed by atoms with E-state index in [1.165, 1.54) is 0 Å². The summed E-state index contributed by atoms with van der Waals surface area (Å²) in [5.74, 6) is -0.924. The highest BCUT2D eigenvalue weighted by atomic mass is 16.4. The van der Waals surface area contributed by atoms with Crippen molar-refractivity contribution in [2.24, 2.45) is 0 Å². The van der Waals surface area contributed by atoms with Crippen molar-refractivity contribution in [2.75, 3.05) is 0 Å². The molecule has 0 amide bonds. The van der Waals surface area contributed by atoms with Crippen molar-refractivity contribution in [3.05, 3.63) is 52.3 Å². The molecule has 0 unspecified atom stereocenters. The topological polar surface area (TPSA) is 83.0 Å². The summed E-state index contributed by atoms with van der Waals surface area (Å²) in [4.78, 5) is 22.0. The summed E-state index contributed by atoms with van der Waals surface area (Å²) in [7, 11) is 0. The minimum atomic E-state index is -0.924. The van der Waals surface area contributed by atoms with Crippen LogP contribution in [-0.2, 0) is 11.2 Å². The molecule has 2 rings (SSSR count). The zero-order valence-electron chi connectivity index (χ0n) is 9.59. The van der Waals surface area contributed by atoms with Gasteiger partial charge in [-0.15, -0.1) is 0 Å². The molecule has 0 spiro atoms. The van der Waals surface area contributed by atoms with Crippen LogP contribution in [0.3, 0.4) is 0 Å². The van der Waals surface area contributed by atoms with Gasteiger partial charge in [0.25, 0.3) is 5.56 Å². The van der Waals surface area contributed by atoms with Crippen LogP contribution in [0, 0.1) is 0 Å². The molecule has 92 valence electrons. The molecule has 0 atom stereocenters. The molecule has 0 radical (unpaired) electrons. The molecular formula is C13H12N2O3. The molecule has 18 heavy (non-hydrogen) atoms. The van der Waals surface area contributed by atoms with Crippen molar-refractivity contribution >= 4 is 5.97 Å². The van der Waals surface area contributed by atoms with Gasteiger partial charge in [-0.1, -0.05) is 30.3 Å². The number of aromatic nitrogens is 2. The minimum absolute atomic E-state index is 0.0681. The maximum absolute atomic E-state index is 11.5. The fourth-order valence-corrected chi connectivity index (χ4v) is 1.63. The van der Waals surface area contributed by atoms with Gasteiger partial charge in [0.15, 0.2) is 0 Å². The highest BCUT2D eigenvalue weighted by Crippen LogP contribution is 2.15. The van der Waals surface area contributed by atoms with E-state index in [2.05, 4.69) is 10.2 Å². The maximum atomic E-state index is 11.5. The maximum Gasteiger partial charge on any atom is 0.303 e. The Hall–Kier alpha value is -2.43. The van der Waals surface area contributed by atoms with Crippen molar-refractivity contribution in [3.8, 4) is 11.3 Å². The monoisotopic (exact) mass is 244 g/mol. The molecule has 0 saturated heterocycles. The Labute approximate surface area is 103 Å². The predicted octanol–water partition coefficient (Wildman–Crippen LogP) is 1.45. The molecule has 2 aromatic rings. The third-order valence-corrected chi connectivity index (χ3v) is 2.56. The van der Waals surface area contributed by atoms with Gasteiger partial charge in [0.2, 0.25) is 0 Å². The van der Waals surface area contributed by atoms with Crippen molar-refractivity contribution < 1.29 is 9.90 Å². The summed E-state index contributed by atoms with van der Waals surface area (Å²) in [6.45, 7) is 0. The van der Waals surface area contributed by atoms with Crippen molar-refractivity contribution in [1.29, 1.82) is 0 Å². The van der Waals surface area contributed by atoms with Crippen LogP contribution in [0.15, 0.2) is 41.2 Å². The second-order valence-corrected chi connectivity index (χ2v) is 3.87. The zero-order chi connectivity index (χ0) is 13.0. The van der Waals surface area contributed by atoms with E-state index < -0.39 is 5.97 Å². The fourth-order valence-electron chi connectivity index (χ4n) is 1.63. The standard InChI is InChI=1S/C13H12N2O3/c16-12(17)7-6-10-8-11(14-15-13(10)18)9-4-2-1-3-5-9/h1-5,8H,6-7H2,(H,15,18)(H,16,17). The van der Waals surface area contributed by atoms with Crippen LogP contribution in [0.4, 0.5) is 0 Å². The molecule has 0 saturated carbocycles. The number of hydrogen-bond donors (Lipinski definition) is 2. The summed E-state index contributed by atoms with van der Waals surface area (Å²) < 4.78 is 0. The molecule has 5 heteroatoms. The SMILES string of the molecule is O=C(O)CCc1cc(-c2ccccc2)n[nH]c1=O. The second-order valence-electron chi connectivity index (χ2n) is 3.87. The van der Waals surface area contributed by atoms with Crippen LogP contribution < -0.4 is 5.56 Å². The number of benzene rings is 1. The second kappa shape index (κ2) is 5.27. The lowest BCUT2D eigenvalue weighted by Crippen LogP contribution is -2.15. The lowest BCUT2D eigenvalue weighted by Gasteiger charge is -2.02. The Bertz CT molecular complexity index is 605. The summed E-state index contributed by atoms with van der Waals surface area (Å²) >= 11 is 0. The number of carboxylic acids is 1. The number of carbonyl (C=O) groups is 1. The molecule has 0 aliphatic rings. The van der Waals surface area contributed by atoms with Crippen LogP contribution >= 0.6 is 0 Å². The fraction of sp³-hybridized carbons (Fsp3) is 0.154. The summed E-state index contributed by atoms with van der Waals surface area (Å²) in [6, 6.07) is 11.0. The van der Waals surface area contributed by atoms with E-state index in [9.17, 15) is 9.59 Å². The van der Waals surface area contributed by atoms with Gasteiger partial charge in [0.1, 0.15) is 0 Å². The van der Waals surface area contributed by atoms with Gasteiger partial charge >= 0.3 is 5.97 Å². The van der Waals surface area contributed by atoms with Crippen molar-refractivity contribution in [3.63, 3.8) is 0 Å². The van der Waals surface area contributed by atoms with E-state index in [0.29, 0.717) is 11.3 Å². The number of H-pyrrole nitrogens is 1. The number of nitrogens with zero attached hydrogens (tertiary/aromatic N) is 1. The van der Waals surface area contributed by atoms with E-state index in [-0.39, 0.29) is 18.4 Å². The molecule has 2 N–H and O–H groups in total. The number of aromatic amines is 1. The Morgan fingerprint density at radius 1 is 1.28 bits per heavy atom. The molecule has 0 aliphatic carbocycles. The molecule has 0 fully saturated rings. The first-order valence-electron chi connectivity index (χ1n) is 5.52. The van der Waals surface area contributed by atoms with Gasteiger partial charge in [0, 0.05) is 17.5 Å².